The molecule has 0 bridgehead atoms. The highest BCUT2D eigenvalue weighted by Gasteiger charge is 2.18. The summed E-state index contributed by atoms with van der Waals surface area (Å²) in [5.74, 6) is 1.72. The molecule has 0 aromatic carbocycles. The van der Waals surface area contributed by atoms with Crippen LogP contribution in [0.3, 0.4) is 0 Å². The fraction of sp³-hybridized carbons (Fsp3) is 0.667. The number of fused-ring (bicyclic) bond motifs is 1. The molecule has 1 aliphatic rings. The normalized spacial score (nSPS) is 15.9. The lowest BCUT2D eigenvalue weighted by atomic mass is 10.1. The molecule has 1 unspecified atom stereocenters. The zero-order valence-electron chi connectivity index (χ0n) is 9.67. The first kappa shape index (κ1) is 11.6. The number of alkyl halides is 1. The number of nitrogens with zero attached hydrogens (tertiary/aromatic N) is 2. The third-order valence-corrected chi connectivity index (χ3v) is 3.38. The number of nitrogens with one attached hydrogen (secondary N) is 1. The number of rotatable bonds is 5. The Labute approximate surface area is 102 Å². The van der Waals surface area contributed by atoms with Crippen LogP contribution in [0.4, 0.5) is 5.82 Å². The average Bonchev–Trinajstić information content (AvgIpc) is 2.77. The zero-order chi connectivity index (χ0) is 11.4. The highest BCUT2D eigenvalue weighted by molar-refractivity contribution is 6.17. The van der Waals surface area contributed by atoms with Crippen LogP contribution in [0.1, 0.15) is 37.4 Å². The van der Waals surface area contributed by atoms with Crippen molar-refractivity contribution in [2.45, 2.75) is 45.1 Å². The molecule has 0 spiro atoms. The second-order valence-corrected chi connectivity index (χ2v) is 4.61. The van der Waals surface area contributed by atoms with Gasteiger partial charge >= 0.3 is 0 Å². The monoisotopic (exact) mass is 239 g/mol. The lowest BCUT2D eigenvalue weighted by Crippen LogP contribution is -2.20. The molecule has 2 rings (SSSR count). The molecule has 0 saturated heterocycles. The third-order valence-electron chi connectivity index (χ3n) is 3.17. The maximum atomic E-state index is 5.79. The summed E-state index contributed by atoms with van der Waals surface area (Å²) < 4.78 is 0. The molecule has 1 aliphatic carbocycles. The van der Waals surface area contributed by atoms with E-state index in [1.54, 1.807) is 6.33 Å². The Kier molecular flexibility index (Phi) is 3.99. The summed E-state index contributed by atoms with van der Waals surface area (Å²) in [6.07, 6.45) is 7.13. The molecule has 3 nitrogen and oxygen atoms in total. The first-order chi connectivity index (χ1) is 7.85. The Hall–Kier alpha value is -0.830. The highest BCUT2D eigenvalue weighted by Crippen LogP contribution is 2.26. The van der Waals surface area contributed by atoms with Crippen LogP contribution >= 0.6 is 11.6 Å². The van der Waals surface area contributed by atoms with Crippen LogP contribution in [-0.4, -0.2) is 21.9 Å². The largest absolute Gasteiger partial charge is 0.367 e. The summed E-state index contributed by atoms with van der Waals surface area (Å²) in [5, 5.41) is 3.49. The average molecular weight is 240 g/mol. The number of hydrogen-bond acceptors (Lipinski definition) is 3. The zero-order valence-corrected chi connectivity index (χ0v) is 10.4. The summed E-state index contributed by atoms with van der Waals surface area (Å²) in [4.78, 5) is 8.68. The minimum Gasteiger partial charge on any atom is -0.367 e. The van der Waals surface area contributed by atoms with E-state index < -0.39 is 0 Å². The van der Waals surface area contributed by atoms with Gasteiger partial charge in [-0.15, -0.1) is 11.6 Å². The van der Waals surface area contributed by atoms with Gasteiger partial charge in [0, 0.05) is 23.2 Å². The van der Waals surface area contributed by atoms with Crippen molar-refractivity contribution >= 4 is 17.4 Å². The van der Waals surface area contributed by atoms with Gasteiger partial charge in [-0.3, -0.25) is 0 Å². The SMILES string of the molecule is CCC(CCCl)Nc1ncnc2c1CCC2. The molecular weight excluding hydrogens is 222 g/mol. The molecule has 0 fully saturated rings. The van der Waals surface area contributed by atoms with Gasteiger partial charge in [-0.2, -0.15) is 0 Å². The molecular formula is C12H18ClN3. The van der Waals surface area contributed by atoms with E-state index >= 15 is 0 Å². The molecule has 0 radical (unpaired) electrons. The fourth-order valence-electron chi connectivity index (χ4n) is 2.19. The van der Waals surface area contributed by atoms with Crippen LogP contribution in [0.15, 0.2) is 6.33 Å². The summed E-state index contributed by atoms with van der Waals surface area (Å²) in [6, 6.07) is 0.428. The predicted molar refractivity (Wildman–Crippen MR) is 67.1 cm³/mol. The summed E-state index contributed by atoms with van der Waals surface area (Å²) >= 11 is 5.79. The van der Waals surface area contributed by atoms with Gasteiger partial charge < -0.3 is 5.32 Å². The first-order valence-corrected chi connectivity index (χ1v) is 6.53. The Morgan fingerprint density at radius 3 is 3.06 bits per heavy atom. The minimum absolute atomic E-state index is 0.428. The summed E-state index contributed by atoms with van der Waals surface area (Å²) in [5.41, 5.74) is 2.54. The molecule has 1 aromatic heterocycles. The van der Waals surface area contributed by atoms with Gasteiger partial charge in [0.2, 0.25) is 0 Å². The van der Waals surface area contributed by atoms with E-state index in [-0.39, 0.29) is 0 Å². The molecule has 1 atom stereocenters. The van der Waals surface area contributed by atoms with E-state index in [1.165, 1.54) is 17.7 Å². The lowest BCUT2D eigenvalue weighted by Gasteiger charge is -2.18. The van der Waals surface area contributed by atoms with Crippen molar-refractivity contribution in [3.8, 4) is 0 Å². The van der Waals surface area contributed by atoms with E-state index in [4.69, 9.17) is 11.6 Å². The van der Waals surface area contributed by atoms with Gasteiger partial charge in [0.1, 0.15) is 12.1 Å². The molecule has 4 heteroatoms. The Bertz CT molecular complexity index is 354. The van der Waals surface area contributed by atoms with Gasteiger partial charge in [0.15, 0.2) is 0 Å². The number of hydrogen-bond donors (Lipinski definition) is 1. The highest BCUT2D eigenvalue weighted by atomic mass is 35.5. The van der Waals surface area contributed by atoms with Crippen molar-refractivity contribution in [2.75, 3.05) is 11.2 Å². The van der Waals surface area contributed by atoms with Gasteiger partial charge in [-0.25, -0.2) is 9.97 Å². The van der Waals surface area contributed by atoms with Crippen molar-refractivity contribution < 1.29 is 0 Å². The standard InChI is InChI=1S/C12H18ClN3/c1-2-9(6-7-13)16-12-10-4-3-5-11(10)14-8-15-12/h8-9H,2-7H2,1H3,(H,14,15,16). The fourth-order valence-corrected chi connectivity index (χ4v) is 2.45. The maximum absolute atomic E-state index is 5.79. The number of aryl methyl sites for hydroxylation is 1. The summed E-state index contributed by atoms with van der Waals surface area (Å²) in [7, 11) is 0. The number of anilines is 1. The Morgan fingerprint density at radius 1 is 1.44 bits per heavy atom. The number of aromatic nitrogens is 2. The summed E-state index contributed by atoms with van der Waals surface area (Å²) in [6.45, 7) is 2.17. The molecule has 1 N–H and O–H groups in total. The molecule has 0 aliphatic heterocycles. The van der Waals surface area contributed by atoms with Gasteiger partial charge in [-0.05, 0) is 32.1 Å². The smallest absolute Gasteiger partial charge is 0.133 e. The van der Waals surface area contributed by atoms with Crippen LogP contribution in [0.2, 0.25) is 0 Å². The maximum Gasteiger partial charge on any atom is 0.133 e. The first-order valence-electron chi connectivity index (χ1n) is 6.00. The van der Waals surface area contributed by atoms with Crippen LogP contribution in [0.5, 0.6) is 0 Å². The third kappa shape index (κ3) is 2.46. The van der Waals surface area contributed by atoms with E-state index in [0.29, 0.717) is 11.9 Å². The molecule has 88 valence electrons. The lowest BCUT2D eigenvalue weighted by molar-refractivity contribution is 0.670. The van der Waals surface area contributed by atoms with Gasteiger partial charge in [0.25, 0.3) is 0 Å². The van der Waals surface area contributed by atoms with E-state index in [0.717, 1.165) is 31.5 Å². The van der Waals surface area contributed by atoms with E-state index in [2.05, 4.69) is 22.2 Å². The van der Waals surface area contributed by atoms with Crippen molar-refractivity contribution in [3.63, 3.8) is 0 Å². The van der Waals surface area contributed by atoms with E-state index in [9.17, 15) is 0 Å². The second kappa shape index (κ2) is 5.48. The Morgan fingerprint density at radius 2 is 2.31 bits per heavy atom. The van der Waals surface area contributed by atoms with E-state index in [1.807, 2.05) is 0 Å². The molecule has 16 heavy (non-hydrogen) atoms. The quantitative estimate of drug-likeness (QED) is 0.803. The number of halogens is 1. The van der Waals surface area contributed by atoms with Crippen molar-refractivity contribution in [1.82, 2.24) is 9.97 Å². The van der Waals surface area contributed by atoms with Crippen LogP contribution in [-0.2, 0) is 12.8 Å². The van der Waals surface area contributed by atoms with Crippen LogP contribution < -0.4 is 5.32 Å². The molecule has 0 saturated carbocycles. The molecule has 1 heterocycles. The van der Waals surface area contributed by atoms with Crippen molar-refractivity contribution in [3.05, 3.63) is 17.6 Å². The van der Waals surface area contributed by atoms with Crippen LogP contribution in [0.25, 0.3) is 0 Å². The van der Waals surface area contributed by atoms with Crippen molar-refractivity contribution in [2.24, 2.45) is 0 Å². The minimum atomic E-state index is 0.428. The topological polar surface area (TPSA) is 37.8 Å². The molecule has 0 amide bonds. The second-order valence-electron chi connectivity index (χ2n) is 4.23. The van der Waals surface area contributed by atoms with Crippen LogP contribution in [0, 0.1) is 0 Å². The Balaban J connectivity index is 2.12. The molecule has 1 aromatic rings. The van der Waals surface area contributed by atoms with Gasteiger partial charge in [-0.1, -0.05) is 6.92 Å². The van der Waals surface area contributed by atoms with Gasteiger partial charge in [0.05, 0.1) is 0 Å². The predicted octanol–water partition coefficient (Wildman–Crippen LogP) is 2.78. The van der Waals surface area contributed by atoms with Crippen molar-refractivity contribution in [1.29, 1.82) is 0 Å².